The average molecular weight is 216 g/mol. The van der Waals surface area contributed by atoms with E-state index < -0.39 is 16.6 Å². The third kappa shape index (κ3) is 1.43. The summed E-state index contributed by atoms with van der Waals surface area (Å²) in [5.74, 6) is -1.46. The van der Waals surface area contributed by atoms with E-state index in [0.29, 0.717) is 0 Å². The van der Waals surface area contributed by atoms with Gasteiger partial charge in [-0.15, -0.1) is 0 Å². The van der Waals surface area contributed by atoms with E-state index in [9.17, 15) is 9.59 Å². The minimum absolute atomic E-state index is 0.254. The molecule has 0 aliphatic carbocycles. The van der Waals surface area contributed by atoms with Gasteiger partial charge in [-0.1, -0.05) is 15.9 Å². The number of nitrogens with zero attached hydrogens (tertiary/aromatic N) is 2. The van der Waals surface area contributed by atoms with Crippen molar-refractivity contribution in [1.82, 2.24) is 5.32 Å². The molecule has 1 unspecified atom stereocenters. The van der Waals surface area contributed by atoms with Gasteiger partial charge in [0, 0.05) is 0 Å². The molecule has 0 radical (unpaired) electrons. The summed E-state index contributed by atoms with van der Waals surface area (Å²) < 4.78 is 0. The summed E-state index contributed by atoms with van der Waals surface area (Å²) in [5.41, 5.74) is 0. The molecule has 1 rings (SSSR count). The first-order valence-corrected chi connectivity index (χ1v) is 3.54. The van der Waals surface area contributed by atoms with Gasteiger partial charge in [-0.3, -0.25) is 9.59 Å². The number of aliphatic imine (C=N–C) groups is 1. The van der Waals surface area contributed by atoms with Crippen LogP contribution in [0.4, 0.5) is 0 Å². The van der Waals surface area contributed by atoms with Crippen molar-refractivity contribution in [2.24, 2.45) is 4.99 Å². The first-order valence-electron chi connectivity index (χ1n) is 2.62. The second-order valence-electron chi connectivity index (χ2n) is 1.76. The van der Waals surface area contributed by atoms with Gasteiger partial charge in [0.05, 0.1) is 0 Å². The molecule has 1 aliphatic heterocycles. The van der Waals surface area contributed by atoms with Gasteiger partial charge in [0.2, 0.25) is 11.7 Å². The molecule has 0 aromatic carbocycles. The Morgan fingerprint density at radius 1 is 1.64 bits per heavy atom. The van der Waals surface area contributed by atoms with Crippen LogP contribution in [0.5, 0.6) is 0 Å². The van der Waals surface area contributed by atoms with Gasteiger partial charge >= 0.3 is 0 Å². The summed E-state index contributed by atoms with van der Waals surface area (Å²) in [7, 11) is 0. The highest BCUT2D eigenvalue weighted by molar-refractivity contribution is 9.10. The van der Waals surface area contributed by atoms with E-state index in [-0.39, 0.29) is 5.84 Å². The number of rotatable bonds is 0. The fourth-order valence-corrected chi connectivity index (χ4v) is 0.757. The lowest BCUT2D eigenvalue weighted by Gasteiger charge is -2.10. The second-order valence-corrected chi connectivity index (χ2v) is 2.68. The molecule has 0 aromatic rings. The van der Waals surface area contributed by atoms with Crippen LogP contribution in [0.25, 0.3) is 0 Å². The monoisotopic (exact) mass is 215 g/mol. The van der Waals surface area contributed by atoms with E-state index >= 15 is 0 Å². The number of halogens is 1. The molecule has 2 amide bonds. The van der Waals surface area contributed by atoms with Gasteiger partial charge in [0.15, 0.2) is 4.83 Å². The maximum Gasteiger partial charge on any atom is 0.271 e. The smallest absolute Gasteiger partial charge is 0.271 e. The van der Waals surface area contributed by atoms with E-state index in [0.717, 1.165) is 0 Å². The molecule has 1 heterocycles. The molecular weight excluding hydrogens is 214 g/mol. The highest BCUT2D eigenvalue weighted by Gasteiger charge is 2.28. The third-order valence-corrected chi connectivity index (χ3v) is 1.82. The quantitative estimate of drug-likeness (QED) is 0.430. The zero-order valence-corrected chi connectivity index (χ0v) is 6.75. The molecular formula is C5H2BrN3O2. The zero-order chi connectivity index (χ0) is 8.43. The van der Waals surface area contributed by atoms with Crippen molar-refractivity contribution in [2.45, 2.75) is 4.83 Å². The van der Waals surface area contributed by atoms with Crippen LogP contribution in [0.15, 0.2) is 4.99 Å². The predicted molar refractivity (Wildman–Crippen MR) is 38.9 cm³/mol. The van der Waals surface area contributed by atoms with Crippen LogP contribution in [0, 0.1) is 11.3 Å². The molecule has 11 heavy (non-hydrogen) atoms. The summed E-state index contributed by atoms with van der Waals surface area (Å²) in [6, 6.07) is 1.56. The number of nitriles is 1. The number of alkyl halides is 1. The van der Waals surface area contributed by atoms with Crippen LogP contribution in [-0.4, -0.2) is 22.5 Å². The summed E-state index contributed by atoms with van der Waals surface area (Å²) in [5, 5.41) is 10.4. The number of amidine groups is 1. The molecule has 1 aliphatic rings. The van der Waals surface area contributed by atoms with Gasteiger partial charge in [-0.25, -0.2) is 0 Å². The summed E-state index contributed by atoms with van der Waals surface area (Å²) in [6.45, 7) is 0. The molecule has 0 bridgehead atoms. The van der Waals surface area contributed by atoms with Crippen molar-refractivity contribution in [3.63, 3.8) is 0 Å². The SMILES string of the molecule is N#CC1=NC(=O)C(Br)C(=O)N1. The van der Waals surface area contributed by atoms with Crippen LogP contribution in [-0.2, 0) is 9.59 Å². The predicted octanol–water partition coefficient (Wildman–Crippen LogP) is -0.672. The Morgan fingerprint density at radius 2 is 2.27 bits per heavy atom. The first kappa shape index (κ1) is 7.88. The lowest BCUT2D eigenvalue weighted by atomic mass is 10.3. The highest BCUT2D eigenvalue weighted by atomic mass is 79.9. The molecule has 5 nitrogen and oxygen atoms in total. The van der Waals surface area contributed by atoms with Gasteiger partial charge in [0.25, 0.3) is 5.91 Å². The van der Waals surface area contributed by atoms with Crippen LogP contribution in [0.2, 0.25) is 0 Å². The van der Waals surface area contributed by atoms with E-state index in [2.05, 4.69) is 26.2 Å². The molecule has 0 fully saturated rings. The highest BCUT2D eigenvalue weighted by Crippen LogP contribution is 2.05. The van der Waals surface area contributed by atoms with E-state index in [1.165, 1.54) is 0 Å². The summed E-state index contributed by atoms with van der Waals surface area (Å²) in [4.78, 5) is 23.8. The Bertz CT molecular complexity index is 291. The molecule has 0 spiro atoms. The Balaban J connectivity index is 2.96. The first-order chi connectivity index (χ1) is 5.15. The van der Waals surface area contributed by atoms with Gasteiger partial charge in [-0.2, -0.15) is 10.3 Å². The molecule has 0 aromatic heterocycles. The fraction of sp³-hybridized carbons (Fsp3) is 0.200. The van der Waals surface area contributed by atoms with Crippen LogP contribution >= 0.6 is 15.9 Å². The van der Waals surface area contributed by atoms with Crippen molar-refractivity contribution in [3.05, 3.63) is 0 Å². The third-order valence-electron chi connectivity index (χ3n) is 1.02. The molecule has 1 N–H and O–H groups in total. The number of hydrogen-bond acceptors (Lipinski definition) is 3. The Labute approximate surface area is 70.2 Å². The molecule has 6 heteroatoms. The fourth-order valence-electron chi connectivity index (χ4n) is 0.540. The van der Waals surface area contributed by atoms with Gasteiger partial charge in [0.1, 0.15) is 6.07 Å². The minimum atomic E-state index is -0.959. The second kappa shape index (κ2) is 2.80. The lowest BCUT2D eigenvalue weighted by molar-refractivity contribution is -0.126. The largest absolute Gasteiger partial charge is 0.300 e. The van der Waals surface area contributed by atoms with Crippen LogP contribution in [0.3, 0.4) is 0 Å². The molecule has 56 valence electrons. The van der Waals surface area contributed by atoms with E-state index in [1.807, 2.05) is 0 Å². The maximum atomic E-state index is 10.8. The van der Waals surface area contributed by atoms with Crippen molar-refractivity contribution < 1.29 is 9.59 Å². The number of carbonyl (C=O) groups excluding carboxylic acids is 2. The van der Waals surface area contributed by atoms with E-state index in [1.54, 1.807) is 6.07 Å². The maximum absolute atomic E-state index is 10.8. The molecule has 1 atom stereocenters. The molecule has 0 saturated heterocycles. The molecule has 0 saturated carbocycles. The van der Waals surface area contributed by atoms with Crippen molar-refractivity contribution in [2.75, 3.05) is 0 Å². The van der Waals surface area contributed by atoms with Gasteiger partial charge in [-0.05, 0) is 0 Å². The number of nitrogens with one attached hydrogen (secondary N) is 1. The average Bonchev–Trinajstić information content (AvgIpc) is 1.99. The number of carbonyl (C=O) groups is 2. The Morgan fingerprint density at radius 3 is 2.73 bits per heavy atom. The number of hydrogen-bond donors (Lipinski definition) is 1. The summed E-state index contributed by atoms with van der Waals surface area (Å²) in [6.07, 6.45) is 0. The van der Waals surface area contributed by atoms with Crippen LogP contribution < -0.4 is 5.32 Å². The Hall–Kier alpha value is -1.22. The van der Waals surface area contributed by atoms with Crippen molar-refractivity contribution >= 4 is 33.6 Å². The number of amides is 2. The zero-order valence-electron chi connectivity index (χ0n) is 5.17. The normalized spacial score (nSPS) is 23.6. The Kier molecular flexibility index (Phi) is 2.01. The summed E-state index contributed by atoms with van der Waals surface area (Å²) >= 11 is 2.80. The van der Waals surface area contributed by atoms with Crippen molar-refractivity contribution in [3.8, 4) is 6.07 Å². The minimum Gasteiger partial charge on any atom is -0.300 e. The van der Waals surface area contributed by atoms with E-state index in [4.69, 9.17) is 5.26 Å². The topological polar surface area (TPSA) is 82.3 Å². The lowest BCUT2D eigenvalue weighted by Crippen LogP contribution is -2.43. The standard InChI is InChI=1S/C5H2BrN3O2/c6-3-4(10)8-2(1-7)9-5(3)11/h3H,(H,8,9,10,11). The van der Waals surface area contributed by atoms with Crippen molar-refractivity contribution in [1.29, 1.82) is 5.26 Å². The van der Waals surface area contributed by atoms with Gasteiger partial charge < -0.3 is 5.32 Å². The van der Waals surface area contributed by atoms with Crippen LogP contribution in [0.1, 0.15) is 0 Å².